The lowest BCUT2D eigenvalue weighted by Gasteiger charge is -2.43. The Morgan fingerprint density at radius 2 is 1.00 bits per heavy atom. The summed E-state index contributed by atoms with van der Waals surface area (Å²) in [6.07, 6.45) is 14.4. The number of nitrogens with zero attached hydrogens (tertiary/aromatic N) is 8. The first-order valence-corrected chi connectivity index (χ1v) is 23.7. The van der Waals surface area contributed by atoms with Crippen LogP contribution in [0.3, 0.4) is 0 Å². The van der Waals surface area contributed by atoms with Crippen molar-refractivity contribution in [1.29, 1.82) is 0 Å². The van der Waals surface area contributed by atoms with Crippen LogP contribution in [0.1, 0.15) is 78.1 Å². The van der Waals surface area contributed by atoms with Gasteiger partial charge in [-0.2, -0.15) is 4.98 Å². The molecule has 340 valence electrons. The largest absolute Gasteiger partial charge is 0.489 e. The molecule has 14 heteroatoms. The third-order valence-electron chi connectivity index (χ3n) is 13.4. The molecule has 10 rings (SSSR count). The van der Waals surface area contributed by atoms with Gasteiger partial charge < -0.3 is 29.6 Å². The number of carbonyl (C=O) groups excluding carboxylic acids is 2. The standard InChI is InChI=1S/C26H28N4O.C14H19ClN4O.C12H11BO2/c1-3-22-26(31)29(2)23-17-27-24(28-25(23)30(22)19-13-7-8-14-19)21-16-10-9-15-20(21)18-11-5-4-6-12-18;1-3-10-13(20)18(2)11-8-16-14(15)17-12(11)19(10)9-6-4-5-7-9;14-13(15)12-9-5-4-8-11(12)10-6-2-1-3-7-10/h4-6,9-12,15-17,19,22H,3,7-8,13-14H2,1-2H3;8-10H,3-7H2,1-2H3;1-9,14-15H/t22-;10-;/m11./s1. The van der Waals surface area contributed by atoms with Gasteiger partial charge in [0.1, 0.15) is 23.5 Å². The van der Waals surface area contributed by atoms with Gasteiger partial charge in [-0.3, -0.25) is 9.59 Å². The molecule has 2 aliphatic carbocycles. The highest BCUT2D eigenvalue weighted by Gasteiger charge is 2.42. The van der Waals surface area contributed by atoms with Crippen LogP contribution in [-0.4, -0.2) is 87.2 Å². The van der Waals surface area contributed by atoms with Gasteiger partial charge >= 0.3 is 7.12 Å². The number of amides is 2. The predicted octanol–water partition coefficient (Wildman–Crippen LogP) is 8.98. The van der Waals surface area contributed by atoms with Crippen molar-refractivity contribution in [2.45, 2.75) is 102 Å². The van der Waals surface area contributed by atoms with Gasteiger partial charge in [0.15, 0.2) is 17.5 Å². The number of anilines is 4. The Kier molecular flexibility index (Phi) is 14.8. The second-order valence-corrected chi connectivity index (χ2v) is 17.7. The smallest absolute Gasteiger partial charge is 0.423 e. The highest BCUT2D eigenvalue weighted by Crippen LogP contribution is 2.42. The van der Waals surface area contributed by atoms with Crippen molar-refractivity contribution in [3.63, 3.8) is 0 Å². The van der Waals surface area contributed by atoms with Crippen LogP contribution in [0.2, 0.25) is 5.28 Å². The van der Waals surface area contributed by atoms with Crippen LogP contribution < -0.4 is 25.1 Å². The third kappa shape index (κ3) is 9.56. The molecule has 66 heavy (non-hydrogen) atoms. The normalized spacial score (nSPS) is 18.3. The molecule has 0 bridgehead atoms. The van der Waals surface area contributed by atoms with Gasteiger partial charge in [-0.05, 0) is 77.8 Å². The molecule has 4 aliphatic rings. The summed E-state index contributed by atoms with van der Waals surface area (Å²) in [5.41, 5.74) is 7.21. The summed E-state index contributed by atoms with van der Waals surface area (Å²) in [6.45, 7) is 4.14. The summed E-state index contributed by atoms with van der Waals surface area (Å²) in [5.74, 6) is 2.68. The van der Waals surface area contributed by atoms with Crippen LogP contribution in [-0.2, 0) is 9.59 Å². The highest BCUT2D eigenvalue weighted by atomic mass is 35.5. The van der Waals surface area contributed by atoms with Crippen molar-refractivity contribution < 1.29 is 19.6 Å². The van der Waals surface area contributed by atoms with E-state index in [2.05, 4.69) is 57.0 Å². The number of benzene rings is 4. The zero-order valence-corrected chi connectivity index (χ0v) is 38.9. The number of carbonyl (C=O) groups is 2. The van der Waals surface area contributed by atoms with Crippen LogP contribution in [0.5, 0.6) is 0 Å². The van der Waals surface area contributed by atoms with Crippen molar-refractivity contribution in [2.24, 2.45) is 0 Å². The summed E-state index contributed by atoms with van der Waals surface area (Å²) < 4.78 is 0. The van der Waals surface area contributed by atoms with Crippen LogP contribution in [0, 0.1) is 0 Å². The minimum Gasteiger partial charge on any atom is -0.423 e. The van der Waals surface area contributed by atoms with E-state index in [9.17, 15) is 19.6 Å². The van der Waals surface area contributed by atoms with Crippen molar-refractivity contribution in [3.05, 3.63) is 127 Å². The number of aromatic nitrogens is 4. The Morgan fingerprint density at radius 3 is 1.50 bits per heavy atom. The van der Waals surface area contributed by atoms with Crippen LogP contribution >= 0.6 is 11.6 Å². The number of rotatable bonds is 8. The first-order valence-electron chi connectivity index (χ1n) is 23.3. The second-order valence-electron chi connectivity index (χ2n) is 17.3. The zero-order chi connectivity index (χ0) is 46.3. The maximum Gasteiger partial charge on any atom is 0.489 e. The molecule has 2 fully saturated rings. The molecular weight excluding hydrogens is 847 g/mol. The van der Waals surface area contributed by atoms with Crippen molar-refractivity contribution in [1.82, 2.24) is 19.9 Å². The van der Waals surface area contributed by atoms with Crippen molar-refractivity contribution >= 4 is 59.0 Å². The van der Waals surface area contributed by atoms with Crippen LogP contribution in [0.25, 0.3) is 33.6 Å². The van der Waals surface area contributed by atoms with Crippen molar-refractivity contribution in [3.8, 4) is 33.6 Å². The molecule has 0 spiro atoms. The molecule has 6 aromatic rings. The van der Waals surface area contributed by atoms with Gasteiger partial charge in [-0.25, -0.2) is 15.0 Å². The maximum absolute atomic E-state index is 13.1. The van der Waals surface area contributed by atoms with E-state index < -0.39 is 7.12 Å². The Morgan fingerprint density at radius 1 is 0.576 bits per heavy atom. The highest BCUT2D eigenvalue weighted by molar-refractivity contribution is 6.60. The van der Waals surface area contributed by atoms with Crippen molar-refractivity contribution in [2.75, 3.05) is 33.7 Å². The molecule has 2 atom stereocenters. The van der Waals surface area contributed by atoms with E-state index in [1.165, 1.54) is 25.7 Å². The lowest BCUT2D eigenvalue weighted by Crippen LogP contribution is -2.55. The Bertz CT molecular complexity index is 2610. The van der Waals surface area contributed by atoms with Gasteiger partial charge in [-0.15, -0.1) is 0 Å². The molecule has 0 unspecified atom stereocenters. The van der Waals surface area contributed by atoms with Gasteiger partial charge in [0.05, 0.1) is 12.4 Å². The molecule has 2 saturated carbocycles. The average Bonchev–Trinajstić information content (AvgIpc) is 4.11. The topological polar surface area (TPSA) is 139 Å². The number of fused-ring (bicyclic) bond motifs is 2. The summed E-state index contributed by atoms with van der Waals surface area (Å²) >= 11 is 5.97. The first-order chi connectivity index (χ1) is 32.1. The van der Waals surface area contributed by atoms with E-state index in [0.717, 1.165) is 89.4 Å². The summed E-state index contributed by atoms with van der Waals surface area (Å²) in [7, 11) is 2.20. The lowest BCUT2D eigenvalue weighted by molar-refractivity contribution is -0.120. The van der Waals surface area contributed by atoms with E-state index in [-0.39, 0.29) is 29.2 Å². The predicted molar refractivity (Wildman–Crippen MR) is 266 cm³/mol. The first kappa shape index (κ1) is 46.4. The molecule has 4 aromatic carbocycles. The molecule has 0 saturated heterocycles. The fourth-order valence-electron chi connectivity index (χ4n) is 10.0. The minimum atomic E-state index is -1.43. The van der Waals surface area contributed by atoms with E-state index in [1.54, 1.807) is 35.2 Å². The molecule has 0 radical (unpaired) electrons. The molecule has 2 aliphatic heterocycles. The SMILES string of the molecule is CC[C@@H]1C(=O)N(C)c2cnc(-c3ccccc3-c3ccccc3)nc2N1C1CCCC1.CC[C@@H]1C(=O)N(C)c2cnc(Cl)nc2N1C1CCCC1.OB(O)c1ccccc1-c1ccccc1. The molecule has 2 aromatic heterocycles. The zero-order valence-electron chi connectivity index (χ0n) is 38.2. The second kappa shape index (κ2) is 21.0. The van der Waals surface area contributed by atoms with E-state index in [0.29, 0.717) is 23.4 Å². The van der Waals surface area contributed by atoms with Gasteiger partial charge in [-0.1, -0.05) is 149 Å². The number of hydrogen-bond donors (Lipinski definition) is 2. The Hall–Kier alpha value is -6.15. The molecular formula is C52H58BClN8O4. The van der Waals surface area contributed by atoms with Gasteiger partial charge in [0.25, 0.3) is 0 Å². The average molecular weight is 905 g/mol. The Labute approximate surface area is 393 Å². The van der Waals surface area contributed by atoms with Gasteiger partial charge in [0, 0.05) is 31.7 Å². The third-order valence-corrected chi connectivity index (χ3v) is 13.6. The molecule has 2 amide bonds. The monoisotopic (exact) mass is 904 g/mol. The number of hydrogen-bond acceptors (Lipinski definition) is 10. The fraction of sp³-hybridized carbons (Fsp3) is 0.346. The summed E-state index contributed by atoms with van der Waals surface area (Å²) in [6, 6.07) is 36.0. The quantitative estimate of drug-likeness (QED) is 0.112. The van der Waals surface area contributed by atoms with Crippen LogP contribution in [0.15, 0.2) is 122 Å². The number of likely N-dealkylation sites (N-methyl/N-ethyl adjacent to an activating group) is 2. The molecule has 4 heterocycles. The van der Waals surface area contributed by atoms with E-state index in [1.807, 2.05) is 86.9 Å². The maximum atomic E-state index is 13.1. The molecule has 12 nitrogen and oxygen atoms in total. The van der Waals surface area contributed by atoms with Crippen LogP contribution in [0.4, 0.5) is 23.0 Å². The molecule has 2 N–H and O–H groups in total. The van der Waals surface area contributed by atoms with E-state index >= 15 is 0 Å². The van der Waals surface area contributed by atoms with E-state index in [4.69, 9.17) is 21.6 Å². The fourth-order valence-corrected chi connectivity index (χ4v) is 10.2. The van der Waals surface area contributed by atoms with Gasteiger partial charge in [0.2, 0.25) is 17.1 Å². The lowest BCUT2D eigenvalue weighted by atomic mass is 9.75. The number of halogens is 1. The summed E-state index contributed by atoms with van der Waals surface area (Å²) in [5, 5.41) is 18.7. The Balaban J connectivity index is 0.000000145. The summed E-state index contributed by atoms with van der Waals surface area (Å²) in [4.78, 5) is 51.8. The minimum absolute atomic E-state index is 0.123.